The van der Waals surface area contributed by atoms with Crippen LogP contribution < -0.4 is 10.6 Å². The van der Waals surface area contributed by atoms with Gasteiger partial charge < -0.3 is 15.4 Å². The third-order valence-electron chi connectivity index (χ3n) is 3.08. The van der Waals surface area contributed by atoms with Crippen LogP contribution in [0.5, 0.6) is 0 Å². The third-order valence-corrected chi connectivity index (χ3v) is 4.06. The van der Waals surface area contributed by atoms with E-state index >= 15 is 0 Å². The van der Waals surface area contributed by atoms with Crippen molar-refractivity contribution in [2.75, 3.05) is 30.9 Å². The summed E-state index contributed by atoms with van der Waals surface area (Å²) in [6.45, 7) is 4.90. The summed E-state index contributed by atoms with van der Waals surface area (Å²) in [4.78, 5) is 24.2. The summed E-state index contributed by atoms with van der Waals surface area (Å²) in [5.74, 6) is 0.293. The van der Waals surface area contributed by atoms with Gasteiger partial charge >= 0.3 is 5.69 Å². The minimum atomic E-state index is -0.506. The molecule has 0 radical (unpaired) electrons. The lowest BCUT2D eigenvalue weighted by atomic mass is 10.4. The van der Waals surface area contributed by atoms with Gasteiger partial charge in [0.15, 0.2) is 5.13 Å². The molecular formula is C13H18N6O3S. The molecule has 2 N–H and O–H groups in total. The van der Waals surface area contributed by atoms with Crippen molar-refractivity contribution in [1.82, 2.24) is 15.0 Å². The molecule has 23 heavy (non-hydrogen) atoms. The Balaban J connectivity index is 2.22. The summed E-state index contributed by atoms with van der Waals surface area (Å²) in [5.41, 5.74) is 0.683. The van der Waals surface area contributed by atoms with Gasteiger partial charge in [-0.1, -0.05) is 0 Å². The molecule has 2 heterocycles. The second-order valence-electron chi connectivity index (χ2n) is 4.74. The molecule has 0 bridgehead atoms. The van der Waals surface area contributed by atoms with Gasteiger partial charge in [-0.05, 0) is 20.3 Å². The van der Waals surface area contributed by atoms with Crippen LogP contribution >= 0.6 is 11.3 Å². The van der Waals surface area contributed by atoms with E-state index in [0.29, 0.717) is 24.7 Å². The first-order valence-electron chi connectivity index (χ1n) is 6.96. The number of rotatable bonds is 8. The smallest absolute Gasteiger partial charge is 0.353 e. The molecule has 0 aliphatic rings. The maximum atomic E-state index is 11.4. The standard InChI is InChI=1S/C13H18N6O3S/c1-8-9(2)23-13(17-8)18-12-10(19(20)21)11(15-7-16-12)14-5-4-6-22-3/h7H,4-6H2,1-3H3,(H2,14,15,16,17,18). The molecule has 0 saturated heterocycles. The minimum Gasteiger partial charge on any atom is -0.385 e. The quantitative estimate of drug-likeness (QED) is 0.429. The van der Waals surface area contributed by atoms with Gasteiger partial charge in [-0.25, -0.2) is 15.0 Å². The lowest BCUT2D eigenvalue weighted by Crippen LogP contribution is -2.10. The summed E-state index contributed by atoms with van der Waals surface area (Å²) in [6.07, 6.45) is 1.99. The van der Waals surface area contributed by atoms with Gasteiger partial charge in [0, 0.05) is 25.1 Å². The van der Waals surface area contributed by atoms with E-state index in [1.54, 1.807) is 7.11 Å². The largest absolute Gasteiger partial charge is 0.385 e. The molecule has 0 aliphatic heterocycles. The lowest BCUT2D eigenvalue weighted by Gasteiger charge is -2.08. The van der Waals surface area contributed by atoms with Gasteiger partial charge in [0.05, 0.1) is 10.6 Å². The van der Waals surface area contributed by atoms with Crippen molar-refractivity contribution >= 4 is 33.8 Å². The van der Waals surface area contributed by atoms with Gasteiger partial charge in [-0.3, -0.25) is 10.1 Å². The molecule has 2 rings (SSSR count). The van der Waals surface area contributed by atoms with Crippen molar-refractivity contribution in [3.8, 4) is 0 Å². The van der Waals surface area contributed by atoms with Gasteiger partial charge in [-0.15, -0.1) is 11.3 Å². The Kier molecular flexibility index (Phi) is 5.77. The predicted octanol–water partition coefficient (Wildman–Crippen LogP) is 2.65. The molecule has 0 aliphatic carbocycles. The van der Waals surface area contributed by atoms with Crippen LogP contribution in [-0.2, 0) is 4.74 Å². The highest BCUT2D eigenvalue weighted by Crippen LogP contribution is 2.32. The zero-order valence-corrected chi connectivity index (χ0v) is 13.9. The monoisotopic (exact) mass is 338 g/mol. The molecule has 0 spiro atoms. The fraction of sp³-hybridized carbons (Fsp3) is 0.462. The van der Waals surface area contributed by atoms with Crippen LogP contribution in [0.1, 0.15) is 17.0 Å². The number of hydrogen-bond acceptors (Lipinski definition) is 9. The number of nitrogens with one attached hydrogen (secondary N) is 2. The van der Waals surface area contributed by atoms with Crippen LogP contribution in [0.4, 0.5) is 22.5 Å². The van der Waals surface area contributed by atoms with E-state index in [1.807, 2.05) is 13.8 Å². The van der Waals surface area contributed by atoms with Crippen LogP contribution in [0.25, 0.3) is 0 Å². The molecule has 0 unspecified atom stereocenters. The van der Waals surface area contributed by atoms with Crippen molar-refractivity contribution in [1.29, 1.82) is 0 Å². The Morgan fingerprint density at radius 1 is 1.35 bits per heavy atom. The number of methoxy groups -OCH3 is 1. The Labute approximate surface area is 137 Å². The minimum absolute atomic E-state index is 0.119. The van der Waals surface area contributed by atoms with Gasteiger partial charge in [0.25, 0.3) is 0 Å². The second kappa shape index (κ2) is 7.79. The first kappa shape index (κ1) is 17.0. The highest BCUT2D eigenvalue weighted by Gasteiger charge is 2.23. The van der Waals surface area contributed by atoms with Crippen LogP contribution in [0.15, 0.2) is 6.33 Å². The zero-order valence-electron chi connectivity index (χ0n) is 13.1. The van der Waals surface area contributed by atoms with Gasteiger partial charge in [-0.2, -0.15) is 0 Å². The van der Waals surface area contributed by atoms with Crippen molar-refractivity contribution in [2.24, 2.45) is 0 Å². The maximum Gasteiger partial charge on any atom is 0.353 e. The normalized spacial score (nSPS) is 10.6. The lowest BCUT2D eigenvalue weighted by molar-refractivity contribution is -0.383. The molecule has 10 heteroatoms. The van der Waals surface area contributed by atoms with E-state index < -0.39 is 4.92 Å². The first-order chi connectivity index (χ1) is 11.0. The van der Waals surface area contributed by atoms with E-state index in [1.165, 1.54) is 17.7 Å². The van der Waals surface area contributed by atoms with Crippen molar-refractivity contribution in [3.63, 3.8) is 0 Å². The SMILES string of the molecule is COCCCNc1ncnc(Nc2nc(C)c(C)s2)c1[N+](=O)[O-]. The van der Waals surface area contributed by atoms with Crippen molar-refractivity contribution < 1.29 is 9.66 Å². The van der Waals surface area contributed by atoms with Gasteiger partial charge in [0.1, 0.15) is 6.33 Å². The number of nitrogens with zero attached hydrogens (tertiary/aromatic N) is 4. The molecule has 9 nitrogen and oxygen atoms in total. The Bertz CT molecular complexity index is 671. The summed E-state index contributed by atoms with van der Waals surface area (Å²) in [5, 5.41) is 17.8. The summed E-state index contributed by atoms with van der Waals surface area (Å²) < 4.78 is 4.95. The number of hydrogen-bond donors (Lipinski definition) is 2. The zero-order chi connectivity index (χ0) is 16.8. The maximum absolute atomic E-state index is 11.4. The molecule has 0 atom stereocenters. The fourth-order valence-electron chi connectivity index (χ4n) is 1.82. The van der Waals surface area contributed by atoms with Crippen LogP contribution in [-0.4, -0.2) is 40.1 Å². The average molecular weight is 338 g/mol. The van der Waals surface area contributed by atoms with Crippen molar-refractivity contribution in [2.45, 2.75) is 20.3 Å². The number of anilines is 3. The highest BCUT2D eigenvalue weighted by molar-refractivity contribution is 7.15. The Morgan fingerprint density at radius 2 is 2.09 bits per heavy atom. The second-order valence-corrected chi connectivity index (χ2v) is 5.94. The molecule has 2 aromatic heterocycles. The summed E-state index contributed by atoms with van der Waals surface area (Å²) >= 11 is 1.42. The van der Waals surface area contributed by atoms with Gasteiger partial charge in [0.2, 0.25) is 11.6 Å². The Morgan fingerprint density at radius 3 is 2.70 bits per heavy atom. The molecule has 0 fully saturated rings. The summed E-state index contributed by atoms with van der Waals surface area (Å²) in [6, 6.07) is 0. The highest BCUT2D eigenvalue weighted by atomic mass is 32.1. The fourth-order valence-corrected chi connectivity index (χ4v) is 2.64. The molecule has 2 aromatic rings. The van der Waals surface area contributed by atoms with Crippen LogP contribution in [0.2, 0.25) is 0 Å². The predicted molar refractivity (Wildman–Crippen MR) is 88.5 cm³/mol. The van der Waals surface area contributed by atoms with Crippen LogP contribution in [0.3, 0.4) is 0 Å². The molecular weight excluding hydrogens is 320 g/mol. The number of thiazole rings is 1. The van der Waals surface area contributed by atoms with E-state index in [9.17, 15) is 10.1 Å². The molecule has 124 valence electrons. The van der Waals surface area contributed by atoms with E-state index in [4.69, 9.17) is 4.74 Å². The van der Waals surface area contributed by atoms with Crippen LogP contribution in [0, 0.1) is 24.0 Å². The summed E-state index contributed by atoms with van der Waals surface area (Å²) in [7, 11) is 1.60. The molecule has 0 aromatic carbocycles. The third kappa shape index (κ3) is 4.33. The average Bonchev–Trinajstić information content (AvgIpc) is 2.81. The molecule has 0 amide bonds. The number of nitro groups is 1. The Hall–Kier alpha value is -2.33. The number of aryl methyl sites for hydroxylation is 2. The topological polar surface area (TPSA) is 115 Å². The van der Waals surface area contributed by atoms with Crippen molar-refractivity contribution in [3.05, 3.63) is 27.0 Å². The van der Waals surface area contributed by atoms with E-state index in [2.05, 4.69) is 25.6 Å². The number of ether oxygens (including phenoxy) is 1. The molecule has 0 saturated carbocycles. The van der Waals surface area contributed by atoms with E-state index in [0.717, 1.165) is 10.6 Å². The first-order valence-corrected chi connectivity index (χ1v) is 7.77. The van der Waals surface area contributed by atoms with E-state index in [-0.39, 0.29) is 17.3 Å². The number of aromatic nitrogens is 3.